The molecule has 0 radical (unpaired) electrons. The maximum absolute atomic E-state index is 14.3. The summed E-state index contributed by atoms with van der Waals surface area (Å²) in [5.41, 5.74) is -1.77. The normalized spacial score (nSPS) is 36.7. The molecule has 5 nitrogen and oxygen atoms in total. The average Bonchev–Trinajstić information content (AvgIpc) is 3.26. The Morgan fingerprint density at radius 2 is 1.10 bits per heavy atom. The molecular formula is C22H18Cl4N4O. The number of carbonyl (C=O) groups excluding carboxylic acids is 1. The Morgan fingerprint density at radius 1 is 0.710 bits per heavy atom. The minimum absolute atomic E-state index is 0.120. The summed E-state index contributed by atoms with van der Waals surface area (Å²) in [6, 6.07) is 14.7. The van der Waals surface area contributed by atoms with Gasteiger partial charge in [-0.2, -0.15) is 20.5 Å². The number of carbonyl (C=O) groups is 1. The SMILES string of the molecule is O=C1C2(CCCC13N=NC(Cl)C3c1ccc(Cl)cc1)N=NC(Cl)C2c1ccc(Cl)cc1. The van der Waals surface area contributed by atoms with E-state index in [0.717, 1.165) is 17.5 Å². The van der Waals surface area contributed by atoms with Crippen LogP contribution in [0.1, 0.15) is 42.2 Å². The highest BCUT2D eigenvalue weighted by Gasteiger charge is 2.66. The van der Waals surface area contributed by atoms with Crippen LogP contribution in [0.2, 0.25) is 10.0 Å². The largest absolute Gasteiger partial charge is 0.294 e. The number of benzene rings is 2. The fourth-order valence-corrected chi connectivity index (χ4v) is 6.30. The first-order chi connectivity index (χ1) is 14.9. The van der Waals surface area contributed by atoms with E-state index in [2.05, 4.69) is 20.5 Å². The number of Topliss-reactive ketones (excluding diaryl/α,β-unsaturated/α-hetero) is 1. The molecule has 1 saturated carbocycles. The van der Waals surface area contributed by atoms with Crippen molar-refractivity contribution in [1.29, 1.82) is 0 Å². The van der Waals surface area contributed by atoms with Crippen LogP contribution in [0.5, 0.6) is 0 Å². The van der Waals surface area contributed by atoms with E-state index in [1.54, 1.807) is 24.3 Å². The Kier molecular flexibility index (Phi) is 5.37. The summed E-state index contributed by atoms with van der Waals surface area (Å²) >= 11 is 25.3. The molecule has 5 rings (SSSR count). The van der Waals surface area contributed by atoms with E-state index in [1.807, 2.05) is 24.3 Å². The van der Waals surface area contributed by atoms with Gasteiger partial charge < -0.3 is 0 Å². The summed E-state index contributed by atoms with van der Waals surface area (Å²) in [5, 5.41) is 18.7. The zero-order valence-electron chi connectivity index (χ0n) is 16.3. The molecule has 0 saturated heterocycles. The molecule has 0 aromatic heterocycles. The number of azo groups is 2. The first-order valence-corrected chi connectivity index (χ1v) is 11.7. The number of hydrogen-bond donors (Lipinski definition) is 0. The van der Waals surface area contributed by atoms with Gasteiger partial charge >= 0.3 is 0 Å². The second-order valence-corrected chi connectivity index (χ2v) is 10.0. The van der Waals surface area contributed by atoms with Crippen LogP contribution >= 0.6 is 46.4 Å². The Bertz CT molecular complexity index is 990. The van der Waals surface area contributed by atoms with Gasteiger partial charge in [-0.1, -0.05) is 70.7 Å². The first kappa shape index (κ1) is 21.3. The van der Waals surface area contributed by atoms with E-state index < -0.39 is 33.9 Å². The first-order valence-electron chi connectivity index (χ1n) is 10.1. The van der Waals surface area contributed by atoms with Crippen molar-refractivity contribution in [3.63, 3.8) is 0 Å². The van der Waals surface area contributed by atoms with E-state index in [4.69, 9.17) is 46.4 Å². The van der Waals surface area contributed by atoms with E-state index in [-0.39, 0.29) is 5.78 Å². The van der Waals surface area contributed by atoms with Crippen molar-refractivity contribution in [2.45, 2.75) is 53.2 Å². The molecule has 1 fully saturated rings. The summed E-state index contributed by atoms with van der Waals surface area (Å²) in [4.78, 5) is 14.3. The maximum Gasteiger partial charge on any atom is 0.193 e. The Hall–Kier alpha value is -1.53. The van der Waals surface area contributed by atoms with Crippen LogP contribution in [0.3, 0.4) is 0 Å². The second-order valence-electron chi connectivity index (χ2n) is 8.27. The van der Waals surface area contributed by atoms with Crippen molar-refractivity contribution in [3.8, 4) is 0 Å². The number of ketones is 1. The molecule has 3 aliphatic rings. The van der Waals surface area contributed by atoms with Gasteiger partial charge in [-0.3, -0.25) is 4.79 Å². The van der Waals surface area contributed by atoms with Crippen LogP contribution in [0.25, 0.3) is 0 Å². The van der Waals surface area contributed by atoms with Gasteiger partial charge in [0.15, 0.2) is 27.9 Å². The molecular weight excluding hydrogens is 478 g/mol. The third-order valence-corrected chi connectivity index (χ3v) is 7.82. The number of rotatable bonds is 2. The van der Waals surface area contributed by atoms with E-state index in [9.17, 15) is 4.79 Å². The molecule has 0 N–H and O–H groups in total. The predicted molar refractivity (Wildman–Crippen MR) is 122 cm³/mol. The maximum atomic E-state index is 14.3. The van der Waals surface area contributed by atoms with Crippen LogP contribution < -0.4 is 0 Å². The summed E-state index contributed by atoms with van der Waals surface area (Å²) in [6.07, 6.45) is 1.82. The van der Waals surface area contributed by atoms with E-state index in [1.165, 1.54) is 0 Å². The van der Waals surface area contributed by atoms with Gasteiger partial charge in [-0.15, -0.1) is 0 Å². The van der Waals surface area contributed by atoms with Crippen molar-refractivity contribution in [2.75, 3.05) is 0 Å². The predicted octanol–water partition coefficient (Wildman–Crippen LogP) is 7.15. The van der Waals surface area contributed by atoms with Gasteiger partial charge in [0.25, 0.3) is 0 Å². The molecule has 2 spiro atoms. The summed E-state index contributed by atoms with van der Waals surface area (Å²) in [7, 11) is 0. The molecule has 31 heavy (non-hydrogen) atoms. The fourth-order valence-electron chi connectivity index (χ4n) is 5.25. The van der Waals surface area contributed by atoms with Crippen LogP contribution in [0.15, 0.2) is 69.0 Å². The molecule has 2 aliphatic heterocycles. The minimum atomic E-state index is -1.11. The monoisotopic (exact) mass is 494 g/mol. The van der Waals surface area contributed by atoms with Crippen LogP contribution in [-0.2, 0) is 4.79 Å². The van der Waals surface area contributed by atoms with E-state index in [0.29, 0.717) is 22.9 Å². The topological polar surface area (TPSA) is 66.5 Å². The smallest absolute Gasteiger partial charge is 0.193 e. The third-order valence-electron chi connectivity index (χ3n) is 6.63. The minimum Gasteiger partial charge on any atom is -0.294 e. The average molecular weight is 496 g/mol. The highest BCUT2D eigenvalue weighted by molar-refractivity contribution is 6.31. The molecule has 6 atom stereocenters. The summed E-state index contributed by atoms with van der Waals surface area (Å²) in [5.74, 6) is -0.942. The highest BCUT2D eigenvalue weighted by Crippen LogP contribution is 2.57. The van der Waals surface area contributed by atoms with Crippen molar-refractivity contribution in [3.05, 3.63) is 69.7 Å². The lowest BCUT2D eigenvalue weighted by atomic mass is 9.60. The van der Waals surface area contributed by atoms with Gasteiger partial charge in [-0.05, 0) is 54.7 Å². The lowest BCUT2D eigenvalue weighted by Crippen LogP contribution is -2.58. The van der Waals surface area contributed by atoms with Gasteiger partial charge in [0.05, 0.1) is 11.8 Å². The Labute approximate surface area is 199 Å². The molecule has 2 aromatic rings. The Balaban J connectivity index is 1.60. The van der Waals surface area contributed by atoms with Crippen LogP contribution in [0, 0.1) is 0 Å². The van der Waals surface area contributed by atoms with Gasteiger partial charge in [0.2, 0.25) is 0 Å². The number of alkyl halides is 2. The summed E-state index contributed by atoms with van der Waals surface area (Å²) in [6.45, 7) is 0. The number of halogens is 4. The molecule has 2 heterocycles. The molecule has 160 valence electrons. The van der Waals surface area contributed by atoms with E-state index >= 15 is 0 Å². The summed E-state index contributed by atoms with van der Waals surface area (Å²) < 4.78 is 0. The quantitative estimate of drug-likeness (QED) is 0.322. The lowest BCUT2D eigenvalue weighted by Gasteiger charge is -2.44. The molecule has 2 aromatic carbocycles. The molecule has 0 bridgehead atoms. The molecule has 9 heteroatoms. The molecule has 1 aliphatic carbocycles. The zero-order valence-corrected chi connectivity index (χ0v) is 19.3. The van der Waals surface area contributed by atoms with Crippen molar-refractivity contribution < 1.29 is 4.79 Å². The molecule has 6 unspecified atom stereocenters. The van der Waals surface area contributed by atoms with Crippen LogP contribution in [-0.4, -0.2) is 27.9 Å². The Morgan fingerprint density at radius 3 is 1.48 bits per heavy atom. The number of nitrogens with zero attached hydrogens (tertiary/aromatic N) is 4. The highest BCUT2D eigenvalue weighted by atomic mass is 35.5. The molecule has 0 amide bonds. The lowest BCUT2D eigenvalue weighted by molar-refractivity contribution is -0.133. The van der Waals surface area contributed by atoms with Gasteiger partial charge in [0, 0.05) is 10.0 Å². The van der Waals surface area contributed by atoms with Gasteiger partial charge in [0.1, 0.15) is 0 Å². The second kappa shape index (κ2) is 7.80. The van der Waals surface area contributed by atoms with Gasteiger partial charge in [-0.25, -0.2) is 0 Å². The van der Waals surface area contributed by atoms with Crippen molar-refractivity contribution >= 4 is 52.2 Å². The number of hydrogen-bond acceptors (Lipinski definition) is 5. The standard InChI is InChI=1S/C22H18Cl4N4O/c23-14-6-2-12(3-7-14)16-18(25)27-29-21(16)10-1-11-22(20(21)31)17(19(26)28-30-22)13-4-8-15(24)9-5-13/h2-9,16-19H,1,10-11H2. The third kappa shape index (κ3) is 3.24. The van der Waals surface area contributed by atoms with Crippen molar-refractivity contribution in [1.82, 2.24) is 0 Å². The van der Waals surface area contributed by atoms with Crippen molar-refractivity contribution in [2.24, 2.45) is 20.5 Å². The fraction of sp³-hybridized carbons (Fsp3) is 0.409. The van der Waals surface area contributed by atoms with Crippen LogP contribution in [0.4, 0.5) is 0 Å². The zero-order chi connectivity index (χ0) is 21.8.